The molecule has 0 atom stereocenters. The van der Waals surface area contributed by atoms with Crippen molar-refractivity contribution in [2.45, 2.75) is 116 Å². The number of unbranched alkanes of at least 4 members (excludes halogenated alkanes) is 14. The van der Waals surface area contributed by atoms with Gasteiger partial charge in [0.25, 0.3) is 0 Å². The van der Waals surface area contributed by atoms with E-state index in [4.69, 9.17) is 0 Å². The molecule has 0 aliphatic rings. The van der Waals surface area contributed by atoms with Gasteiger partial charge in [-0.2, -0.15) is 0 Å². The van der Waals surface area contributed by atoms with E-state index in [1.165, 1.54) is 89.9 Å². The van der Waals surface area contributed by atoms with E-state index in [0.717, 1.165) is 12.8 Å². The molecule has 0 bridgehead atoms. The molecule has 130 valence electrons. The molecule has 0 heterocycles. The molecule has 0 aliphatic carbocycles. The van der Waals surface area contributed by atoms with Crippen LogP contribution < -0.4 is 0 Å². The highest BCUT2D eigenvalue weighted by molar-refractivity contribution is 5.79. The fourth-order valence-electron chi connectivity index (χ4n) is 2.96. The second kappa shape index (κ2) is 18.5. The first-order valence-corrected chi connectivity index (χ1v) is 9.93. The van der Waals surface area contributed by atoms with Crippen molar-refractivity contribution in [1.82, 2.24) is 0 Å². The molecular weight excluding hydrogens is 268 g/mol. The smallest absolute Gasteiger partial charge is 0.136 e. The zero-order valence-electron chi connectivity index (χ0n) is 15.2. The van der Waals surface area contributed by atoms with E-state index in [1.807, 2.05) is 0 Å². The first-order valence-electron chi connectivity index (χ1n) is 9.93. The van der Waals surface area contributed by atoms with Crippen LogP contribution in [-0.4, -0.2) is 5.78 Å². The third kappa shape index (κ3) is 17.5. The van der Waals surface area contributed by atoms with Crippen LogP contribution >= 0.6 is 0 Å². The summed E-state index contributed by atoms with van der Waals surface area (Å²) in [5.41, 5.74) is 0. The summed E-state index contributed by atoms with van der Waals surface area (Å²) in [5, 5.41) is 0. The third-order valence-electron chi connectivity index (χ3n) is 4.43. The van der Waals surface area contributed by atoms with E-state index in [1.54, 1.807) is 6.08 Å². The molecule has 0 amide bonds. The summed E-state index contributed by atoms with van der Waals surface area (Å²) >= 11 is 0. The SMILES string of the molecule is C=CCC(=O)CCCCCCCCCCCCCCCCC. The Hall–Kier alpha value is -0.590. The summed E-state index contributed by atoms with van der Waals surface area (Å²) in [6.45, 7) is 5.88. The van der Waals surface area contributed by atoms with Gasteiger partial charge in [0.2, 0.25) is 0 Å². The Morgan fingerprint density at radius 1 is 0.682 bits per heavy atom. The zero-order chi connectivity index (χ0) is 16.3. The zero-order valence-corrected chi connectivity index (χ0v) is 15.2. The number of hydrogen-bond donors (Lipinski definition) is 0. The average Bonchev–Trinajstić information content (AvgIpc) is 2.51. The van der Waals surface area contributed by atoms with E-state index < -0.39 is 0 Å². The normalized spacial score (nSPS) is 10.8. The summed E-state index contributed by atoms with van der Waals surface area (Å²) < 4.78 is 0. The highest BCUT2D eigenvalue weighted by atomic mass is 16.1. The van der Waals surface area contributed by atoms with Crippen molar-refractivity contribution in [3.8, 4) is 0 Å². The molecule has 0 aromatic heterocycles. The van der Waals surface area contributed by atoms with E-state index >= 15 is 0 Å². The van der Waals surface area contributed by atoms with Crippen LogP contribution in [0.3, 0.4) is 0 Å². The van der Waals surface area contributed by atoms with Gasteiger partial charge in [-0.25, -0.2) is 0 Å². The number of rotatable bonds is 18. The number of hydrogen-bond acceptors (Lipinski definition) is 1. The lowest BCUT2D eigenvalue weighted by atomic mass is 10.0. The molecule has 0 saturated heterocycles. The number of carbonyl (C=O) groups is 1. The summed E-state index contributed by atoms with van der Waals surface area (Å²) in [7, 11) is 0. The average molecular weight is 309 g/mol. The molecule has 0 aromatic rings. The second-order valence-corrected chi connectivity index (χ2v) is 6.73. The predicted octanol–water partition coefficient (Wildman–Crippen LogP) is 7.39. The summed E-state index contributed by atoms with van der Waals surface area (Å²) in [4.78, 5) is 11.3. The summed E-state index contributed by atoms with van der Waals surface area (Å²) in [6, 6.07) is 0. The molecule has 22 heavy (non-hydrogen) atoms. The molecule has 0 radical (unpaired) electrons. The molecule has 0 unspecified atom stereocenters. The molecule has 0 saturated carbocycles. The molecule has 0 aliphatic heterocycles. The van der Waals surface area contributed by atoms with Gasteiger partial charge in [0.1, 0.15) is 5.78 Å². The van der Waals surface area contributed by atoms with Gasteiger partial charge in [-0.05, 0) is 6.42 Å². The van der Waals surface area contributed by atoms with Crippen molar-refractivity contribution in [3.63, 3.8) is 0 Å². The summed E-state index contributed by atoms with van der Waals surface area (Å²) in [5.74, 6) is 0.352. The molecule has 0 spiro atoms. The molecule has 0 N–H and O–H groups in total. The van der Waals surface area contributed by atoms with Gasteiger partial charge < -0.3 is 0 Å². The predicted molar refractivity (Wildman–Crippen MR) is 99.4 cm³/mol. The number of allylic oxidation sites excluding steroid dienone is 1. The Morgan fingerprint density at radius 2 is 1.05 bits per heavy atom. The van der Waals surface area contributed by atoms with E-state index in [2.05, 4.69) is 13.5 Å². The number of Topliss-reactive ketones (excluding diaryl/α,β-unsaturated/α-hetero) is 1. The van der Waals surface area contributed by atoms with Gasteiger partial charge in [0, 0.05) is 12.8 Å². The van der Waals surface area contributed by atoms with Gasteiger partial charge in [0.05, 0.1) is 0 Å². The Kier molecular flexibility index (Phi) is 18.0. The monoisotopic (exact) mass is 308 g/mol. The van der Waals surface area contributed by atoms with Crippen LogP contribution in [0.1, 0.15) is 116 Å². The fourth-order valence-corrected chi connectivity index (χ4v) is 2.96. The maximum Gasteiger partial charge on any atom is 0.136 e. The lowest BCUT2D eigenvalue weighted by Crippen LogP contribution is -1.94. The van der Waals surface area contributed by atoms with Crippen LogP contribution in [-0.2, 0) is 4.79 Å². The van der Waals surface area contributed by atoms with Crippen LogP contribution in [0, 0.1) is 0 Å². The van der Waals surface area contributed by atoms with Crippen LogP contribution in [0.25, 0.3) is 0 Å². The maximum atomic E-state index is 11.3. The summed E-state index contributed by atoms with van der Waals surface area (Å²) in [6.07, 6.45) is 23.6. The van der Waals surface area contributed by atoms with E-state index in [-0.39, 0.29) is 0 Å². The first kappa shape index (κ1) is 21.4. The Labute approximate surface area is 140 Å². The van der Waals surface area contributed by atoms with Crippen molar-refractivity contribution < 1.29 is 4.79 Å². The van der Waals surface area contributed by atoms with Gasteiger partial charge in [-0.1, -0.05) is 103 Å². The standard InChI is InChI=1S/C21H40O/c1-3-5-6-7-8-9-10-11-12-13-14-15-16-17-18-20-21(22)19-4-2/h4H,2-3,5-20H2,1H3. The van der Waals surface area contributed by atoms with E-state index in [9.17, 15) is 4.79 Å². The lowest BCUT2D eigenvalue weighted by molar-refractivity contribution is -0.118. The Morgan fingerprint density at radius 3 is 1.41 bits per heavy atom. The fraction of sp³-hybridized carbons (Fsp3) is 0.857. The molecular formula is C21H40O. The second-order valence-electron chi connectivity index (χ2n) is 6.73. The van der Waals surface area contributed by atoms with Gasteiger partial charge in [-0.15, -0.1) is 6.58 Å². The van der Waals surface area contributed by atoms with Crippen molar-refractivity contribution in [2.75, 3.05) is 0 Å². The van der Waals surface area contributed by atoms with Gasteiger partial charge in [-0.3, -0.25) is 4.79 Å². The lowest BCUT2D eigenvalue weighted by Gasteiger charge is -2.03. The molecule has 0 aromatic carbocycles. The minimum atomic E-state index is 0.352. The minimum Gasteiger partial charge on any atom is -0.299 e. The van der Waals surface area contributed by atoms with Crippen LogP contribution in [0.2, 0.25) is 0 Å². The minimum absolute atomic E-state index is 0.352. The number of ketones is 1. The van der Waals surface area contributed by atoms with Crippen molar-refractivity contribution >= 4 is 5.78 Å². The Bertz CT molecular complexity index is 244. The maximum absolute atomic E-state index is 11.3. The van der Waals surface area contributed by atoms with Gasteiger partial charge >= 0.3 is 0 Å². The highest BCUT2D eigenvalue weighted by Gasteiger charge is 1.98. The topological polar surface area (TPSA) is 17.1 Å². The largest absolute Gasteiger partial charge is 0.299 e. The first-order chi connectivity index (χ1) is 10.8. The van der Waals surface area contributed by atoms with Crippen molar-refractivity contribution in [3.05, 3.63) is 12.7 Å². The van der Waals surface area contributed by atoms with Crippen molar-refractivity contribution in [2.24, 2.45) is 0 Å². The van der Waals surface area contributed by atoms with Crippen LogP contribution in [0.5, 0.6) is 0 Å². The Balaban J connectivity index is 3.02. The molecule has 1 nitrogen and oxygen atoms in total. The molecule has 1 heteroatoms. The van der Waals surface area contributed by atoms with Crippen LogP contribution in [0.4, 0.5) is 0 Å². The van der Waals surface area contributed by atoms with Crippen molar-refractivity contribution in [1.29, 1.82) is 0 Å². The molecule has 0 rings (SSSR count). The van der Waals surface area contributed by atoms with Crippen LogP contribution in [0.15, 0.2) is 12.7 Å². The quantitative estimate of drug-likeness (QED) is 0.190. The number of carbonyl (C=O) groups excluding carboxylic acids is 1. The third-order valence-corrected chi connectivity index (χ3v) is 4.43. The molecule has 0 fully saturated rings. The van der Waals surface area contributed by atoms with E-state index in [0.29, 0.717) is 12.2 Å². The highest BCUT2D eigenvalue weighted by Crippen LogP contribution is 2.13. The van der Waals surface area contributed by atoms with Gasteiger partial charge in [0.15, 0.2) is 0 Å².